The van der Waals surface area contributed by atoms with Gasteiger partial charge in [-0.15, -0.1) is 0 Å². The van der Waals surface area contributed by atoms with E-state index in [0.717, 1.165) is 22.6 Å². The highest BCUT2D eigenvalue weighted by molar-refractivity contribution is 5.72. The highest BCUT2D eigenvalue weighted by Crippen LogP contribution is 2.18. The average molecular weight is 337 g/mol. The molecule has 0 fully saturated rings. The van der Waals surface area contributed by atoms with E-state index < -0.39 is 0 Å². The number of hydrogen-bond acceptors (Lipinski definition) is 5. The highest BCUT2D eigenvalue weighted by Gasteiger charge is 2.07. The molecular formula is C20H19NO4. The Hall–Kier alpha value is -3.08. The van der Waals surface area contributed by atoms with Crippen LogP contribution in [0.4, 0.5) is 0 Å². The maximum Gasteiger partial charge on any atom is 0.309 e. The van der Waals surface area contributed by atoms with Crippen LogP contribution in [0.15, 0.2) is 65.3 Å². The average Bonchev–Trinajstić information content (AvgIpc) is 3.13. The van der Waals surface area contributed by atoms with Crippen molar-refractivity contribution in [2.45, 2.75) is 12.8 Å². The molecule has 3 aromatic rings. The minimum atomic E-state index is -0.256. The third-order valence-corrected chi connectivity index (χ3v) is 3.70. The number of benzene rings is 2. The molecule has 0 aliphatic rings. The maximum absolute atomic E-state index is 11.2. The van der Waals surface area contributed by atoms with E-state index in [0.29, 0.717) is 18.9 Å². The zero-order chi connectivity index (χ0) is 17.5. The Kier molecular flexibility index (Phi) is 5.46. The van der Waals surface area contributed by atoms with Gasteiger partial charge in [0.05, 0.1) is 25.8 Å². The molecule has 0 N–H and O–H groups in total. The van der Waals surface area contributed by atoms with E-state index in [1.807, 2.05) is 54.6 Å². The molecule has 0 spiro atoms. The summed E-state index contributed by atoms with van der Waals surface area (Å²) in [6.07, 6.45) is 2.57. The van der Waals surface area contributed by atoms with Gasteiger partial charge < -0.3 is 13.9 Å². The number of esters is 1. The van der Waals surface area contributed by atoms with Gasteiger partial charge in [-0.2, -0.15) is 0 Å². The van der Waals surface area contributed by atoms with Crippen molar-refractivity contribution < 1.29 is 18.7 Å². The molecule has 0 bridgehead atoms. The van der Waals surface area contributed by atoms with Crippen molar-refractivity contribution >= 4 is 5.97 Å². The lowest BCUT2D eigenvalue weighted by Gasteiger charge is -2.06. The molecule has 2 aromatic carbocycles. The van der Waals surface area contributed by atoms with Crippen molar-refractivity contribution in [1.82, 2.24) is 4.98 Å². The van der Waals surface area contributed by atoms with Gasteiger partial charge in [-0.25, -0.2) is 4.98 Å². The minimum Gasteiger partial charge on any atom is -0.493 e. The largest absolute Gasteiger partial charge is 0.493 e. The molecule has 0 aliphatic carbocycles. The van der Waals surface area contributed by atoms with Crippen molar-refractivity contribution in [3.63, 3.8) is 0 Å². The van der Waals surface area contributed by atoms with Crippen LogP contribution in [0.2, 0.25) is 0 Å². The van der Waals surface area contributed by atoms with Gasteiger partial charge >= 0.3 is 5.97 Å². The van der Waals surface area contributed by atoms with E-state index in [1.165, 1.54) is 7.11 Å². The predicted molar refractivity (Wildman–Crippen MR) is 93.3 cm³/mol. The number of carbonyl (C=O) groups is 1. The molecule has 1 heterocycles. The summed E-state index contributed by atoms with van der Waals surface area (Å²) >= 11 is 0. The number of nitrogens with zero attached hydrogens (tertiary/aromatic N) is 1. The summed E-state index contributed by atoms with van der Waals surface area (Å²) in [5.41, 5.74) is 2.69. The maximum atomic E-state index is 11.2. The molecule has 0 aliphatic heterocycles. The Morgan fingerprint density at radius 2 is 1.84 bits per heavy atom. The fourth-order valence-corrected chi connectivity index (χ4v) is 2.35. The topological polar surface area (TPSA) is 61.6 Å². The number of carbonyl (C=O) groups excluding carboxylic acids is 1. The third-order valence-electron chi connectivity index (χ3n) is 3.70. The minimum absolute atomic E-state index is 0.256. The van der Waals surface area contributed by atoms with E-state index in [2.05, 4.69) is 9.72 Å². The molecule has 0 amide bonds. The second-order valence-corrected chi connectivity index (χ2v) is 5.51. The lowest BCUT2D eigenvalue weighted by molar-refractivity contribution is -0.139. The fourth-order valence-electron chi connectivity index (χ4n) is 2.35. The number of methoxy groups -OCH3 is 1. The quantitative estimate of drug-likeness (QED) is 0.616. The molecule has 1 aromatic heterocycles. The van der Waals surface area contributed by atoms with Gasteiger partial charge in [-0.3, -0.25) is 4.79 Å². The zero-order valence-electron chi connectivity index (χ0n) is 14.0. The predicted octanol–water partition coefficient (Wildman–Crippen LogP) is 3.68. The molecule has 0 saturated carbocycles. The van der Waals surface area contributed by atoms with Gasteiger partial charge in [-0.1, -0.05) is 30.3 Å². The Labute approximate surface area is 146 Å². The second-order valence-electron chi connectivity index (χ2n) is 5.51. The Bertz CT molecular complexity index is 809. The molecule has 0 radical (unpaired) electrons. The van der Waals surface area contributed by atoms with Gasteiger partial charge in [0, 0.05) is 12.0 Å². The SMILES string of the molecule is COC(=O)Cc1ccc(OCCc2coc(-c3ccccc3)n2)cc1. The first-order chi connectivity index (χ1) is 12.2. The molecule has 5 nitrogen and oxygen atoms in total. The number of rotatable bonds is 7. The molecular weight excluding hydrogens is 318 g/mol. The zero-order valence-corrected chi connectivity index (χ0v) is 14.0. The number of ether oxygens (including phenoxy) is 2. The lowest BCUT2D eigenvalue weighted by Crippen LogP contribution is -2.05. The van der Waals surface area contributed by atoms with Gasteiger partial charge in [-0.05, 0) is 29.8 Å². The summed E-state index contributed by atoms with van der Waals surface area (Å²) in [5.74, 6) is 1.11. The standard InChI is InChI=1S/C20H19NO4/c1-23-19(22)13-15-7-9-18(10-8-15)24-12-11-17-14-25-20(21-17)16-5-3-2-4-6-16/h2-10,14H,11-13H2,1H3. The molecule has 5 heteroatoms. The van der Waals surface area contributed by atoms with Crippen LogP contribution >= 0.6 is 0 Å². The number of aromatic nitrogens is 1. The molecule has 25 heavy (non-hydrogen) atoms. The highest BCUT2D eigenvalue weighted by atomic mass is 16.5. The summed E-state index contributed by atoms with van der Waals surface area (Å²) in [7, 11) is 1.38. The van der Waals surface area contributed by atoms with Crippen LogP contribution in [0.25, 0.3) is 11.5 Å². The molecule has 3 rings (SSSR count). The van der Waals surface area contributed by atoms with Crippen LogP contribution in [0.1, 0.15) is 11.3 Å². The summed E-state index contributed by atoms with van der Waals surface area (Å²) in [5, 5.41) is 0. The van der Waals surface area contributed by atoms with Crippen molar-refractivity contribution in [3.8, 4) is 17.2 Å². The monoisotopic (exact) mass is 337 g/mol. The smallest absolute Gasteiger partial charge is 0.309 e. The second kappa shape index (κ2) is 8.15. The summed E-state index contributed by atoms with van der Waals surface area (Å²) in [6.45, 7) is 0.497. The Balaban J connectivity index is 1.50. The van der Waals surface area contributed by atoms with Crippen molar-refractivity contribution in [1.29, 1.82) is 0 Å². The normalized spacial score (nSPS) is 10.4. The summed E-state index contributed by atoms with van der Waals surface area (Å²) < 4.78 is 15.9. The summed E-state index contributed by atoms with van der Waals surface area (Å²) in [6, 6.07) is 17.2. The van der Waals surface area contributed by atoms with E-state index in [4.69, 9.17) is 9.15 Å². The van der Waals surface area contributed by atoms with Crippen molar-refractivity contribution in [2.75, 3.05) is 13.7 Å². The molecule has 0 unspecified atom stereocenters. The van der Waals surface area contributed by atoms with Crippen LogP contribution in [-0.4, -0.2) is 24.7 Å². The van der Waals surface area contributed by atoms with Crippen molar-refractivity contribution in [2.24, 2.45) is 0 Å². The lowest BCUT2D eigenvalue weighted by atomic mass is 10.1. The van der Waals surface area contributed by atoms with E-state index in [-0.39, 0.29) is 12.4 Å². The van der Waals surface area contributed by atoms with Crippen LogP contribution < -0.4 is 4.74 Å². The van der Waals surface area contributed by atoms with Gasteiger partial charge in [0.1, 0.15) is 12.0 Å². The van der Waals surface area contributed by atoms with Gasteiger partial charge in [0.2, 0.25) is 5.89 Å². The van der Waals surface area contributed by atoms with Crippen LogP contribution in [0.3, 0.4) is 0 Å². The van der Waals surface area contributed by atoms with Crippen LogP contribution in [-0.2, 0) is 22.4 Å². The van der Waals surface area contributed by atoms with Crippen molar-refractivity contribution in [3.05, 3.63) is 72.1 Å². The first-order valence-corrected chi connectivity index (χ1v) is 8.03. The van der Waals surface area contributed by atoms with Crippen LogP contribution in [0, 0.1) is 0 Å². The van der Waals surface area contributed by atoms with Gasteiger partial charge in [0.15, 0.2) is 0 Å². The third kappa shape index (κ3) is 4.70. The Morgan fingerprint density at radius 1 is 1.08 bits per heavy atom. The molecule has 0 saturated heterocycles. The van der Waals surface area contributed by atoms with E-state index in [9.17, 15) is 4.79 Å². The summed E-state index contributed by atoms with van der Waals surface area (Å²) in [4.78, 5) is 15.7. The molecule has 128 valence electrons. The Morgan fingerprint density at radius 3 is 2.56 bits per heavy atom. The number of hydrogen-bond donors (Lipinski definition) is 0. The first kappa shape index (κ1) is 16.8. The van der Waals surface area contributed by atoms with Crippen LogP contribution in [0.5, 0.6) is 5.75 Å². The first-order valence-electron chi connectivity index (χ1n) is 8.03. The molecule has 0 atom stereocenters. The van der Waals surface area contributed by atoms with E-state index in [1.54, 1.807) is 6.26 Å². The van der Waals surface area contributed by atoms with Gasteiger partial charge in [0.25, 0.3) is 0 Å². The fraction of sp³-hybridized carbons (Fsp3) is 0.200. The van der Waals surface area contributed by atoms with E-state index >= 15 is 0 Å². The number of oxazole rings is 1.